The van der Waals surface area contributed by atoms with Gasteiger partial charge in [0.1, 0.15) is 11.4 Å². The average Bonchev–Trinajstić information content (AvgIpc) is 2.49. The van der Waals surface area contributed by atoms with E-state index in [4.69, 9.17) is 9.47 Å². The van der Waals surface area contributed by atoms with Crippen molar-refractivity contribution in [1.29, 1.82) is 0 Å². The minimum absolute atomic E-state index is 0.0581. The number of amides is 1. The maximum Gasteiger partial charge on any atom is 0.224 e. The third-order valence-electron chi connectivity index (χ3n) is 3.57. The molecule has 1 fully saturated rings. The molecular formula is C18H28N2O3. The highest BCUT2D eigenvalue weighted by Crippen LogP contribution is 2.18. The van der Waals surface area contributed by atoms with Crippen LogP contribution in [0, 0.1) is 0 Å². The number of hydrogen-bond acceptors (Lipinski definition) is 4. The summed E-state index contributed by atoms with van der Waals surface area (Å²) in [6.07, 6.45) is 0.402. The smallest absolute Gasteiger partial charge is 0.224 e. The summed E-state index contributed by atoms with van der Waals surface area (Å²) in [6.45, 7) is 11.1. The van der Waals surface area contributed by atoms with Crippen molar-refractivity contribution in [1.82, 2.24) is 10.2 Å². The molecule has 0 aromatic heterocycles. The first-order chi connectivity index (χ1) is 10.9. The van der Waals surface area contributed by atoms with Crippen molar-refractivity contribution < 1.29 is 14.3 Å². The van der Waals surface area contributed by atoms with Crippen molar-refractivity contribution in [2.75, 3.05) is 39.4 Å². The van der Waals surface area contributed by atoms with E-state index < -0.39 is 0 Å². The van der Waals surface area contributed by atoms with Crippen LogP contribution >= 0.6 is 0 Å². The third-order valence-corrected chi connectivity index (χ3v) is 3.57. The second-order valence-electron chi connectivity index (χ2n) is 6.84. The monoisotopic (exact) mass is 320 g/mol. The first kappa shape index (κ1) is 17.8. The molecule has 1 N–H and O–H groups in total. The van der Waals surface area contributed by atoms with Gasteiger partial charge in [0.2, 0.25) is 5.91 Å². The van der Waals surface area contributed by atoms with Gasteiger partial charge in [-0.2, -0.15) is 0 Å². The zero-order chi connectivity index (χ0) is 16.7. The van der Waals surface area contributed by atoms with Gasteiger partial charge in [0.25, 0.3) is 0 Å². The van der Waals surface area contributed by atoms with Gasteiger partial charge in [-0.05, 0) is 38.5 Å². The van der Waals surface area contributed by atoms with Gasteiger partial charge >= 0.3 is 0 Å². The summed E-state index contributed by atoms with van der Waals surface area (Å²) >= 11 is 0. The Morgan fingerprint density at radius 2 is 1.87 bits per heavy atom. The van der Waals surface area contributed by atoms with E-state index in [0.29, 0.717) is 13.0 Å². The summed E-state index contributed by atoms with van der Waals surface area (Å²) in [6, 6.07) is 7.73. The number of hydrogen-bond donors (Lipinski definition) is 1. The number of rotatable bonds is 6. The molecule has 1 aromatic rings. The van der Waals surface area contributed by atoms with E-state index in [1.165, 1.54) is 0 Å². The normalized spacial score (nSPS) is 16.1. The van der Waals surface area contributed by atoms with Crippen LogP contribution < -0.4 is 10.1 Å². The Labute approximate surface area is 139 Å². The van der Waals surface area contributed by atoms with Crippen LogP contribution in [0.5, 0.6) is 5.75 Å². The number of carbonyl (C=O) groups is 1. The quantitative estimate of drug-likeness (QED) is 0.869. The molecule has 1 saturated heterocycles. The highest BCUT2D eigenvalue weighted by Gasteiger charge is 2.12. The lowest BCUT2D eigenvalue weighted by Crippen LogP contribution is -2.41. The molecule has 23 heavy (non-hydrogen) atoms. The maximum atomic E-state index is 12.0. The summed E-state index contributed by atoms with van der Waals surface area (Å²) in [5.74, 6) is 0.886. The van der Waals surface area contributed by atoms with Crippen molar-refractivity contribution in [2.45, 2.75) is 32.8 Å². The lowest BCUT2D eigenvalue weighted by Gasteiger charge is -2.26. The van der Waals surface area contributed by atoms with Gasteiger partial charge in [0.15, 0.2) is 0 Å². The molecule has 5 nitrogen and oxygen atoms in total. The molecule has 0 bridgehead atoms. The van der Waals surface area contributed by atoms with Crippen LogP contribution in [0.15, 0.2) is 24.3 Å². The highest BCUT2D eigenvalue weighted by molar-refractivity contribution is 5.78. The summed E-state index contributed by atoms with van der Waals surface area (Å²) in [7, 11) is 0. The fraction of sp³-hybridized carbons (Fsp3) is 0.611. The summed E-state index contributed by atoms with van der Waals surface area (Å²) in [5.41, 5.74) is 0.786. The van der Waals surface area contributed by atoms with E-state index in [9.17, 15) is 4.79 Å². The summed E-state index contributed by atoms with van der Waals surface area (Å²) < 4.78 is 11.1. The predicted molar refractivity (Wildman–Crippen MR) is 90.8 cm³/mol. The fourth-order valence-corrected chi connectivity index (χ4v) is 2.46. The Bertz CT molecular complexity index is 488. The lowest BCUT2D eigenvalue weighted by atomic mass is 10.1. The number of ether oxygens (including phenoxy) is 2. The first-order valence-corrected chi connectivity index (χ1v) is 8.27. The number of benzene rings is 1. The minimum Gasteiger partial charge on any atom is -0.488 e. The predicted octanol–water partition coefficient (Wildman–Crippen LogP) is 1.85. The SMILES string of the molecule is CC(C)(C)Oc1ccc(CC(=O)NCCN2CCOCC2)cc1. The van der Waals surface area contributed by atoms with Crippen molar-refractivity contribution in [3.8, 4) is 5.75 Å². The highest BCUT2D eigenvalue weighted by atomic mass is 16.5. The molecule has 2 rings (SSSR count). The van der Waals surface area contributed by atoms with Gasteiger partial charge in [-0.15, -0.1) is 0 Å². The molecule has 128 valence electrons. The minimum atomic E-state index is -0.210. The molecule has 1 aliphatic heterocycles. The van der Waals surface area contributed by atoms with Gasteiger partial charge < -0.3 is 14.8 Å². The van der Waals surface area contributed by atoms with E-state index in [1.54, 1.807) is 0 Å². The van der Waals surface area contributed by atoms with E-state index >= 15 is 0 Å². The summed E-state index contributed by atoms with van der Waals surface area (Å²) in [4.78, 5) is 14.3. The Morgan fingerprint density at radius 3 is 2.48 bits per heavy atom. The van der Waals surface area contributed by atoms with E-state index in [0.717, 1.165) is 44.2 Å². The zero-order valence-corrected chi connectivity index (χ0v) is 14.4. The maximum absolute atomic E-state index is 12.0. The van der Waals surface area contributed by atoms with Crippen LogP contribution in [0.2, 0.25) is 0 Å². The third kappa shape index (κ3) is 7.01. The molecule has 1 aliphatic rings. The van der Waals surface area contributed by atoms with Crippen molar-refractivity contribution in [3.63, 3.8) is 0 Å². The molecule has 0 atom stereocenters. The molecule has 0 radical (unpaired) electrons. The molecule has 5 heteroatoms. The van der Waals surface area contributed by atoms with Crippen LogP contribution in [0.25, 0.3) is 0 Å². The number of carbonyl (C=O) groups excluding carboxylic acids is 1. The van der Waals surface area contributed by atoms with Crippen LogP contribution in [-0.4, -0.2) is 55.8 Å². The molecule has 1 amide bonds. The average molecular weight is 320 g/mol. The number of morpholine rings is 1. The Morgan fingerprint density at radius 1 is 1.22 bits per heavy atom. The number of nitrogens with zero attached hydrogens (tertiary/aromatic N) is 1. The standard InChI is InChI=1S/C18H28N2O3/c1-18(2,3)23-16-6-4-15(5-7-16)14-17(21)19-8-9-20-10-12-22-13-11-20/h4-7H,8-14H2,1-3H3,(H,19,21). The molecular weight excluding hydrogens is 292 g/mol. The second kappa shape index (κ2) is 8.31. The Balaban J connectivity index is 1.70. The van der Waals surface area contributed by atoms with Gasteiger partial charge in [0, 0.05) is 26.2 Å². The topological polar surface area (TPSA) is 50.8 Å². The van der Waals surface area contributed by atoms with E-state index in [1.807, 2.05) is 45.0 Å². The van der Waals surface area contributed by atoms with Crippen LogP contribution in [0.3, 0.4) is 0 Å². The van der Waals surface area contributed by atoms with Crippen molar-refractivity contribution in [2.24, 2.45) is 0 Å². The van der Waals surface area contributed by atoms with Crippen molar-refractivity contribution in [3.05, 3.63) is 29.8 Å². The lowest BCUT2D eigenvalue weighted by molar-refractivity contribution is -0.120. The van der Waals surface area contributed by atoms with Gasteiger partial charge in [0.05, 0.1) is 19.6 Å². The van der Waals surface area contributed by atoms with Crippen molar-refractivity contribution >= 4 is 5.91 Å². The molecule has 1 heterocycles. The fourth-order valence-electron chi connectivity index (χ4n) is 2.46. The molecule has 0 unspecified atom stereocenters. The molecule has 1 aromatic carbocycles. The largest absolute Gasteiger partial charge is 0.488 e. The van der Waals surface area contributed by atoms with Gasteiger partial charge in [-0.3, -0.25) is 9.69 Å². The van der Waals surface area contributed by atoms with Crippen LogP contribution in [0.4, 0.5) is 0 Å². The van der Waals surface area contributed by atoms with E-state index in [2.05, 4.69) is 10.2 Å². The Kier molecular flexibility index (Phi) is 6.42. The zero-order valence-electron chi connectivity index (χ0n) is 14.4. The Hall–Kier alpha value is -1.59. The van der Waals surface area contributed by atoms with Gasteiger partial charge in [-0.25, -0.2) is 0 Å². The molecule has 0 aliphatic carbocycles. The molecule has 0 spiro atoms. The van der Waals surface area contributed by atoms with E-state index in [-0.39, 0.29) is 11.5 Å². The summed E-state index contributed by atoms with van der Waals surface area (Å²) in [5, 5.41) is 2.98. The second-order valence-corrected chi connectivity index (χ2v) is 6.84. The first-order valence-electron chi connectivity index (χ1n) is 8.27. The molecule has 0 saturated carbocycles. The number of nitrogens with one attached hydrogen (secondary N) is 1. The van der Waals surface area contributed by atoms with Crippen LogP contribution in [-0.2, 0) is 16.0 Å². The van der Waals surface area contributed by atoms with Gasteiger partial charge in [-0.1, -0.05) is 12.1 Å². The van der Waals surface area contributed by atoms with Crippen LogP contribution in [0.1, 0.15) is 26.3 Å².